The number of hydrogen-bond donors (Lipinski definition) is 1. The van der Waals surface area contributed by atoms with Crippen molar-refractivity contribution in [3.05, 3.63) is 58.1 Å². The fraction of sp³-hybridized carbons (Fsp3) is 0.176. The van der Waals surface area contributed by atoms with Crippen molar-refractivity contribution >= 4 is 64.0 Å². The number of nitrogens with one attached hydrogen (secondary N) is 1. The highest BCUT2D eigenvalue weighted by atomic mass is 35.5. The quantitative estimate of drug-likeness (QED) is 0.312. The van der Waals surface area contributed by atoms with Gasteiger partial charge in [-0.2, -0.15) is 13.8 Å². The summed E-state index contributed by atoms with van der Waals surface area (Å²) in [6, 6.07) is 9.01. The Morgan fingerprint density at radius 2 is 1.68 bits per heavy atom. The number of nitrogens with zero attached hydrogens (tertiary/aromatic N) is 1. The zero-order valence-corrected chi connectivity index (χ0v) is 17.1. The van der Waals surface area contributed by atoms with Gasteiger partial charge in [-0.3, -0.25) is 0 Å². The van der Waals surface area contributed by atoms with Gasteiger partial charge in [-0.1, -0.05) is 52.5 Å². The van der Waals surface area contributed by atoms with Crippen molar-refractivity contribution in [3.8, 4) is 5.75 Å². The number of halogens is 6. The molecule has 1 N–H and O–H groups in total. The van der Waals surface area contributed by atoms with Crippen LogP contribution in [0.4, 0.5) is 19.3 Å². The van der Waals surface area contributed by atoms with E-state index < -0.39 is 17.0 Å². The first kappa shape index (κ1) is 22.5. The van der Waals surface area contributed by atoms with Crippen LogP contribution in [-0.4, -0.2) is 30.0 Å². The van der Waals surface area contributed by atoms with Crippen LogP contribution < -0.4 is 10.1 Å². The number of carbonyl (C=O) groups is 1. The van der Waals surface area contributed by atoms with Gasteiger partial charge in [0.15, 0.2) is 0 Å². The van der Waals surface area contributed by atoms with Crippen molar-refractivity contribution in [1.82, 2.24) is 0 Å². The van der Waals surface area contributed by atoms with Gasteiger partial charge in [0.25, 0.3) is 0 Å². The Kier molecular flexibility index (Phi) is 7.71. The SMILES string of the molecule is COC(=NC(=O)Nc1ccc(OC(F)(F)C(Cl)Cl)cc1)c1c(Cl)cccc1Cl. The van der Waals surface area contributed by atoms with Crippen LogP contribution in [0.15, 0.2) is 47.5 Å². The Bertz CT molecular complexity index is 857. The first-order valence-electron chi connectivity index (χ1n) is 7.47. The van der Waals surface area contributed by atoms with E-state index in [2.05, 4.69) is 15.0 Å². The van der Waals surface area contributed by atoms with Crippen LogP contribution >= 0.6 is 46.4 Å². The number of aliphatic imine (C=N–C) groups is 1. The molecule has 0 spiro atoms. The molecule has 0 heterocycles. The standard InChI is InChI=1S/C17H12Cl4F2N2O3/c1-27-14(13-11(18)3-2-4-12(13)19)25-16(26)24-9-5-7-10(8-6-9)28-17(22,23)15(20)21/h2-8,15H,1H3,(H,24,26). The number of benzene rings is 2. The number of urea groups is 1. The number of carbonyl (C=O) groups excluding carboxylic acids is 1. The third-order valence-corrected chi connectivity index (χ3v) is 4.32. The molecule has 0 saturated carbocycles. The van der Waals surface area contributed by atoms with E-state index in [0.717, 1.165) is 0 Å². The molecule has 150 valence electrons. The minimum Gasteiger partial charge on any atom is -0.480 e. The summed E-state index contributed by atoms with van der Waals surface area (Å²) in [5.41, 5.74) is 0.518. The van der Waals surface area contributed by atoms with Gasteiger partial charge in [-0.15, -0.1) is 0 Å². The van der Waals surface area contributed by atoms with Gasteiger partial charge >= 0.3 is 12.1 Å². The second-order valence-electron chi connectivity index (χ2n) is 5.14. The summed E-state index contributed by atoms with van der Waals surface area (Å²) in [5.74, 6) is -0.291. The van der Waals surface area contributed by atoms with Gasteiger partial charge in [0.2, 0.25) is 10.7 Å². The van der Waals surface area contributed by atoms with Crippen molar-refractivity contribution in [3.63, 3.8) is 0 Å². The molecule has 0 aliphatic carbocycles. The number of amides is 2. The molecule has 2 rings (SSSR count). The van der Waals surface area contributed by atoms with Crippen molar-refractivity contribution < 1.29 is 23.0 Å². The molecule has 0 aliphatic heterocycles. The average molecular weight is 472 g/mol. The lowest BCUT2D eigenvalue weighted by Gasteiger charge is -2.18. The van der Waals surface area contributed by atoms with Crippen LogP contribution in [-0.2, 0) is 4.74 Å². The lowest BCUT2D eigenvalue weighted by Crippen LogP contribution is -2.32. The predicted octanol–water partition coefficient (Wildman–Crippen LogP) is 6.39. The molecule has 2 aromatic carbocycles. The van der Waals surface area contributed by atoms with Gasteiger partial charge < -0.3 is 14.8 Å². The van der Waals surface area contributed by atoms with Crippen LogP contribution in [0.2, 0.25) is 10.0 Å². The van der Waals surface area contributed by atoms with Crippen LogP contribution in [0, 0.1) is 0 Å². The first-order valence-corrected chi connectivity index (χ1v) is 9.10. The molecule has 0 bridgehead atoms. The molecule has 0 aliphatic rings. The van der Waals surface area contributed by atoms with E-state index in [1.807, 2.05) is 0 Å². The smallest absolute Gasteiger partial charge is 0.428 e. The van der Waals surface area contributed by atoms with Gasteiger partial charge in [-0.05, 0) is 36.4 Å². The maximum absolute atomic E-state index is 13.3. The molecule has 2 aromatic rings. The van der Waals surface area contributed by atoms with Crippen molar-refractivity contribution in [1.29, 1.82) is 0 Å². The van der Waals surface area contributed by atoms with Crippen LogP contribution in [0.5, 0.6) is 5.75 Å². The van der Waals surface area contributed by atoms with Crippen molar-refractivity contribution in [2.75, 3.05) is 12.4 Å². The Balaban J connectivity index is 2.13. The number of alkyl halides is 4. The molecule has 28 heavy (non-hydrogen) atoms. The van der Waals surface area contributed by atoms with Gasteiger partial charge in [0, 0.05) is 5.69 Å². The lowest BCUT2D eigenvalue weighted by atomic mass is 10.2. The van der Waals surface area contributed by atoms with E-state index in [1.54, 1.807) is 18.2 Å². The highest BCUT2D eigenvalue weighted by Crippen LogP contribution is 2.30. The maximum Gasteiger partial charge on any atom is 0.428 e. The van der Waals surface area contributed by atoms with Crippen LogP contribution in [0.25, 0.3) is 0 Å². The third-order valence-electron chi connectivity index (χ3n) is 3.19. The molecule has 2 amide bonds. The summed E-state index contributed by atoms with van der Waals surface area (Å²) >= 11 is 22.4. The van der Waals surface area contributed by atoms with Crippen molar-refractivity contribution in [2.24, 2.45) is 4.99 Å². The van der Waals surface area contributed by atoms with E-state index in [-0.39, 0.29) is 32.9 Å². The molecule has 5 nitrogen and oxygen atoms in total. The van der Waals surface area contributed by atoms with E-state index in [9.17, 15) is 13.6 Å². The summed E-state index contributed by atoms with van der Waals surface area (Å²) in [4.78, 5) is 13.9. The largest absolute Gasteiger partial charge is 0.480 e. The van der Waals surface area contributed by atoms with Gasteiger partial charge in [-0.25, -0.2) is 4.79 Å². The number of rotatable bonds is 5. The van der Waals surface area contributed by atoms with E-state index >= 15 is 0 Å². The zero-order valence-electron chi connectivity index (χ0n) is 14.1. The molecule has 0 atom stereocenters. The lowest BCUT2D eigenvalue weighted by molar-refractivity contribution is -0.163. The number of anilines is 1. The summed E-state index contributed by atoms with van der Waals surface area (Å²) < 4.78 is 36.2. The van der Waals surface area contributed by atoms with Crippen LogP contribution in [0.1, 0.15) is 5.56 Å². The third kappa shape index (κ3) is 5.85. The Hall–Kier alpha value is -1.80. The molecular formula is C17H12Cl4F2N2O3. The highest BCUT2D eigenvalue weighted by Gasteiger charge is 2.40. The number of methoxy groups -OCH3 is 1. The fourth-order valence-corrected chi connectivity index (χ4v) is 2.61. The number of ether oxygens (including phenoxy) is 2. The van der Waals surface area contributed by atoms with Gasteiger partial charge in [0.1, 0.15) is 5.75 Å². The monoisotopic (exact) mass is 470 g/mol. The topological polar surface area (TPSA) is 59.9 Å². The summed E-state index contributed by atoms with van der Waals surface area (Å²) in [7, 11) is 1.30. The molecule has 0 unspecified atom stereocenters. The number of hydrogen-bond acceptors (Lipinski definition) is 3. The molecule has 0 aromatic heterocycles. The van der Waals surface area contributed by atoms with Crippen LogP contribution in [0.3, 0.4) is 0 Å². The fourth-order valence-electron chi connectivity index (χ4n) is 1.96. The molecule has 11 heteroatoms. The molecule has 0 radical (unpaired) electrons. The minimum absolute atomic E-state index is 0.0945. The normalized spacial score (nSPS) is 12.1. The average Bonchev–Trinajstić information content (AvgIpc) is 2.62. The minimum atomic E-state index is -3.76. The maximum atomic E-state index is 13.3. The summed E-state index contributed by atoms with van der Waals surface area (Å²) in [5, 5.41) is 2.94. The Morgan fingerprint density at radius 3 is 2.18 bits per heavy atom. The van der Waals surface area contributed by atoms with Crippen molar-refractivity contribution in [2.45, 2.75) is 10.9 Å². The Labute approximate surface area is 179 Å². The summed E-state index contributed by atoms with van der Waals surface area (Å²) in [6.07, 6.45) is -3.76. The first-order chi connectivity index (χ1) is 13.1. The highest BCUT2D eigenvalue weighted by molar-refractivity contribution is 6.44. The molecular weight excluding hydrogens is 460 g/mol. The summed E-state index contributed by atoms with van der Waals surface area (Å²) in [6.45, 7) is 0. The van der Waals surface area contributed by atoms with E-state index in [1.165, 1.54) is 31.4 Å². The van der Waals surface area contributed by atoms with E-state index in [0.29, 0.717) is 0 Å². The zero-order chi connectivity index (χ0) is 20.9. The van der Waals surface area contributed by atoms with Gasteiger partial charge in [0.05, 0.1) is 22.7 Å². The molecule has 0 saturated heterocycles. The molecule has 0 fully saturated rings. The second-order valence-corrected chi connectivity index (χ2v) is 7.05. The Morgan fingerprint density at radius 1 is 1.11 bits per heavy atom. The predicted molar refractivity (Wildman–Crippen MR) is 107 cm³/mol. The van der Waals surface area contributed by atoms with E-state index in [4.69, 9.17) is 51.1 Å². The second kappa shape index (κ2) is 9.60.